The van der Waals surface area contributed by atoms with Gasteiger partial charge in [-0.15, -0.1) is 0 Å². The molecule has 0 aliphatic carbocycles. The Balaban J connectivity index is 2.30. The lowest BCUT2D eigenvalue weighted by atomic mass is 10.4. The number of rotatable bonds is 3. The molecule has 1 aliphatic heterocycles. The first-order chi connectivity index (χ1) is 5.25. The predicted octanol–water partition coefficient (Wildman–Crippen LogP) is 0.365. The van der Waals surface area contributed by atoms with Crippen molar-refractivity contribution in [1.29, 1.82) is 0 Å². The van der Waals surface area contributed by atoms with Gasteiger partial charge in [-0.25, -0.2) is 0 Å². The molecule has 11 heavy (non-hydrogen) atoms. The Hall–Kier alpha value is -0.0900. The molecule has 0 aromatic heterocycles. The highest BCUT2D eigenvalue weighted by molar-refractivity contribution is 9.10. The van der Waals surface area contributed by atoms with Gasteiger partial charge >= 0.3 is 0 Å². The summed E-state index contributed by atoms with van der Waals surface area (Å²) in [5.74, 6) is 0.165. The number of aliphatic hydroxyl groups is 1. The van der Waals surface area contributed by atoms with Gasteiger partial charge in [0.1, 0.15) is 0 Å². The number of likely N-dealkylation sites (tertiary alicyclic amines) is 1. The summed E-state index contributed by atoms with van der Waals surface area (Å²) in [6.07, 6.45) is 1.58. The summed E-state index contributed by atoms with van der Waals surface area (Å²) in [6.45, 7) is 1.68. The largest absolute Gasteiger partial charge is 0.396 e. The van der Waals surface area contributed by atoms with Gasteiger partial charge in [0, 0.05) is 19.7 Å². The lowest BCUT2D eigenvalue weighted by molar-refractivity contribution is -0.127. The van der Waals surface area contributed by atoms with E-state index < -0.39 is 0 Å². The molecule has 1 saturated heterocycles. The van der Waals surface area contributed by atoms with Crippen LogP contribution in [0.2, 0.25) is 0 Å². The van der Waals surface area contributed by atoms with Crippen LogP contribution in [0, 0.1) is 0 Å². The van der Waals surface area contributed by atoms with Gasteiger partial charge in [-0.2, -0.15) is 0 Å². The molecule has 1 amide bonds. The predicted molar refractivity (Wildman–Crippen MR) is 45.6 cm³/mol. The summed E-state index contributed by atoms with van der Waals surface area (Å²) in [5.41, 5.74) is 0. The highest BCUT2D eigenvalue weighted by Crippen LogP contribution is 2.17. The second-order valence-corrected chi connectivity index (χ2v) is 3.76. The van der Waals surface area contributed by atoms with Crippen molar-refractivity contribution in [1.82, 2.24) is 4.90 Å². The van der Waals surface area contributed by atoms with Crippen LogP contribution in [-0.4, -0.2) is 40.4 Å². The smallest absolute Gasteiger partial charge is 0.236 e. The van der Waals surface area contributed by atoms with E-state index in [1.807, 2.05) is 0 Å². The highest BCUT2D eigenvalue weighted by Gasteiger charge is 2.28. The average Bonchev–Trinajstić information content (AvgIpc) is 2.31. The maximum Gasteiger partial charge on any atom is 0.236 e. The van der Waals surface area contributed by atoms with Crippen molar-refractivity contribution in [3.63, 3.8) is 0 Å². The Morgan fingerprint density at radius 2 is 2.45 bits per heavy atom. The van der Waals surface area contributed by atoms with E-state index in [9.17, 15) is 4.79 Å². The maximum absolute atomic E-state index is 11.2. The first kappa shape index (κ1) is 9.00. The van der Waals surface area contributed by atoms with Crippen molar-refractivity contribution in [3.8, 4) is 0 Å². The van der Waals surface area contributed by atoms with E-state index in [4.69, 9.17) is 5.11 Å². The number of nitrogens with zero attached hydrogens (tertiary/aromatic N) is 1. The van der Waals surface area contributed by atoms with Gasteiger partial charge in [0.15, 0.2) is 0 Å². The topological polar surface area (TPSA) is 40.5 Å². The van der Waals surface area contributed by atoms with Gasteiger partial charge < -0.3 is 10.0 Å². The van der Waals surface area contributed by atoms with E-state index in [0.29, 0.717) is 13.0 Å². The van der Waals surface area contributed by atoms with Crippen LogP contribution in [0.5, 0.6) is 0 Å². The van der Waals surface area contributed by atoms with Crippen molar-refractivity contribution in [2.75, 3.05) is 19.7 Å². The minimum atomic E-state index is 0.0150. The molecule has 1 rings (SSSR count). The number of amides is 1. The third kappa shape index (κ3) is 2.17. The lowest BCUT2D eigenvalue weighted by Gasteiger charge is -2.14. The van der Waals surface area contributed by atoms with E-state index in [0.717, 1.165) is 13.0 Å². The molecule has 0 spiro atoms. The SMILES string of the molecule is O=C1C(Br)CCN1CCCO. The zero-order valence-electron chi connectivity index (χ0n) is 6.29. The van der Waals surface area contributed by atoms with Crippen LogP contribution in [0.15, 0.2) is 0 Å². The standard InChI is InChI=1S/C7H12BrNO2/c8-6-2-4-9(7(6)11)3-1-5-10/h6,10H,1-5H2. The van der Waals surface area contributed by atoms with Crippen molar-refractivity contribution < 1.29 is 9.90 Å². The highest BCUT2D eigenvalue weighted by atomic mass is 79.9. The van der Waals surface area contributed by atoms with Crippen LogP contribution in [0.25, 0.3) is 0 Å². The molecule has 3 nitrogen and oxygen atoms in total. The van der Waals surface area contributed by atoms with Gasteiger partial charge in [-0.1, -0.05) is 15.9 Å². The normalized spacial score (nSPS) is 24.7. The minimum absolute atomic E-state index is 0.0150. The monoisotopic (exact) mass is 221 g/mol. The molecule has 4 heteroatoms. The zero-order chi connectivity index (χ0) is 8.27. The lowest BCUT2D eigenvalue weighted by Crippen LogP contribution is -2.28. The molecule has 0 radical (unpaired) electrons. The molecule has 1 N–H and O–H groups in total. The minimum Gasteiger partial charge on any atom is -0.396 e. The fourth-order valence-electron chi connectivity index (χ4n) is 1.18. The molecule has 64 valence electrons. The Kier molecular flexibility index (Phi) is 3.33. The molecule has 0 aromatic carbocycles. The van der Waals surface area contributed by atoms with E-state index in [2.05, 4.69) is 15.9 Å². The molecule has 0 bridgehead atoms. The maximum atomic E-state index is 11.2. The second kappa shape index (κ2) is 4.07. The quantitative estimate of drug-likeness (QED) is 0.700. The molecule has 0 saturated carbocycles. The molecule has 1 fully saturated rings. The van der Waals surface area contributed by atoms with Gasteiger partial charge in [-0.05, 0) is 12.8 Å². The number of aliphatic hydroxyl groups excluding tert-OH is 1. The van der Waals surface area contributed by atoms with Crippen molar-refractivity contribution >= 4 is 21.8 Å². The molecule has 1 aliphatic rings. The molecular formula is C7H12BrNO2. The second-order valence-electron chi connectivity index (χ2n) is 2.66. The Bertz CT molecular complexity index is 151. The summed E-state index contributed by atoms with van der Waals surface area (Å²) in [5, 5.41) is 8.53. The number of hydrogen-bond donors (Lipinski definition) is 1. The number of alkyl halides is 1. The number of halogens is 1. The van der Waals surface area contributed by atoms with Gasteiger partial charge in [0.05, 0.1) is 4.83 Å². The third-order valence-electron chi connectivity index (χ3n) is 1.82. The van der Waals surface area contributed by atoms with Crippen molar-refractivity contribution in [2.45, 2.75) is 17.7 Å². The van der Waals surface area contributed by atoms with Crippen LogP contribution in [0.4, 0.5) is 0 Å². The van der Waals surface area contributed by atoms with Crippen LogP contribution in [-0.2, 0) is 4.79 Å². The Morgan fingerprint density at radius 1 is 1.73 bits per heavy atom. The zero-order valence-corrected chi connectivity index (χ0v) is 7.88. The summed E-state index contributed by atoms with van der Waals surface area (Å²) < 4.78 is 0. The fourth-order valence-corrected chi connectivity index (χ4v) is 1.68. The fraction of sp³-hybridized carbons (Fsp3) is 0.857. The van der Waals surface area contributed by atoms with Gasteiger partial charge in [0.25, 0.3) is 0 Å². The molecular weight excluding hydrogens is 210 g/mol. The summed E-state index contributed by atoms with van der Waals surface area (Å²) in [7, 11) is 0. The van der Waals surface area contributed by atoms with Crippen LogP contribution in [0.3, 0.4) is 0 Å². The summed E-state index contributed by atoms with van der Waals surface area (Å²) in [4.78, 5) is 13.0. The molecule has 1 heterocycles. The first-order valence-corrected chi connectivity index (χ1v) is 4.71. The first-order valence-electron chi connectivity index (χ1n) is 3.79. The van der Waals surface area contributed by atoms with E-state index in [-0.39, 0.29) is 17.3 Å². The van der Waals surface area contributed by atoms with Gasteiger partial charge in [0.2, 0.25) is 5.91 Å². The number of carbonyl (C=O) groups is 1. The summed E-state index contributed by atoms with van der Waals surface area (Å²) >= 11 is 3.28. The van der Waals surface area contributed by atoms with E-state index >= 15 is 0 Å². The number of hydrogen-bond acceptors (Lipinski definition) is 2. The van der Waals surface area contributed by atoms with E-state index in [1.165, 1.54) is 0 Å². The molecule has 1 unspecified atom stereocenters. The van der Waals surface area contributed by atoms with Crippen molar-refractivity contribution in [2.24, 2.45) is 0 Å². The Labute approximate surface area is 74.5 Å². The number of carbonyl (C=O) groups excluding carboxylic acids is 1. The van der Waals surface area contributed by atoms with Crippen LogP contribution in [0.1, 0.15) is 12.8 Å². The van der Waals surface area contributed by atoms with Crippen LogP contribution < -0.4 is 0 Å². The van der Waals surface area contributed by atoms with Crippen LogP contribution >= 0.6 is 15.9 Å². The third-order valence-corrected chi connectivity index (χ3v) is 2.67. The summed E-state index contributed by atoms with van der Waals surface area (Å²) in [6, 6.07) is 0. The van der Waals surface area contributed by atoms with Crippen molar-refractivity contribution in [3.05, 3.63) is 0 Å². The molecule has 1 atom stereocenters. The Morgan fingerprint density at radius 3 is 2.91 bits per heavy atom. The molecule has 0 aromatic rings. The average molecular weight is 222 g/mol. The van der Waals surface area contributed by atoms with E-state index in [1.54, 1.807) is 4.90 Å². The van der Waals surface area contributed by atoms with Gasteiger partial charge in [-0.3, -0.25) is 4.79 Å².